The number of carbonyl (C=O) groups is 1. The summed E-state index contributed by atoms with van der Waals surface area (Å²) in [4.78, 5) is 19.8. The second kappa shape index (κ2) is 12.4. The lowest BCUT2D eigenvalue weighted by atomic mass is 10.1. The number of hydrogen-bond acceptors (Lipinski definition) is 8. The molecule has 1 amide bonds. The molecule has 36 heavy (non-hydrogen) atoms. The van der Waals surface area contributed by atoms with Crippen molar-refractivity contribution in [2.75, 3.05) is 72.6 Å². The zero-order chi connectivity index (χ0) is 25.3. The Morgan fingerprint density at radius 3 is 2.44 bits per heavy atom. The van der Waals surface area contributed by atoms with Crippen LogP contribution in [-0.4, -0.2) is 87.6 Å². The van der Waals surface area contributed by atoms with Gasteiger partial charge in [0.05, 0.1) is 52.5 Å². The number of morpholine rings is 1. The second-order valence-electron chi connectivity index (χ2n) is 8.27. The summed E-state index contributed by atoms with van der Waals surface area (Å²) in [5, 5.41) is 6.16. The summed E-state index contributed by atoms with van der Waals surface area (Å²) in [6.45, 7) is 5.13. The molecule has 2 N–H and O–H groups in total. The van der Waals surface area contributed by atoms with Crippen molar-refractivity contribution in [2.24, 2.45) is 0 Å². The van der Waals surface area contributed by atoms with E-state index in [-0.39, 0.29) is 12.5 Å². The maximum atomic E-state index is 12.8. The van der Waals surface area contributed by atoms with Gasteiger partial charge in [-0.3, -0.25) is 19.6 Å². The van der Waals surface area contributed by atoms with E-state index in [9.17, 15) is 4.79 Å². The van der Waals surface area contributed by atoms with Crippen molar-refractivity contribution in [3.63, 3.8) is 0 Å². The first kappa shape index (κ1) is 25.5. The summed E-state index contributed by atoms with van der Waals surface area (Å²) in [6, 6.07) is 13.2. The number of amides is 1. The Kier molecular flexibility index (Phi) is 8.77. The SMILES string of the molecule is COc1ccc(-c2cn(-c3ccc(OC)c(OC)c3)c(NC(=O)CNCCN3CCOCC3)n2)cc1. The van der Waals surface area contributed by atoms with Crippen LogP contribution in [0, 0.1) is 0 Å². The average molecular weight is 496 g/mol. The summed E-state index contributed by atoms with van der Waals surface area (Å²) in [6.07, 6.45) is 1.88. The van der Waals surface area contributed by atoms with E-state index >= 15 is 0 Å². The largest absolute Gasteiger partial charge is 0.497 e. The Balaban J connectivity index is 1.51. The predicted molar refractivity (Wildman–Crippen MR) is 137 cm³/mol. The Labute approximate surface area is 211 Å². The molecule has 0 atom stereocenters. The molecule has 10 heteroatoms. The number of nitrogens with zero attached hydrogens (tertiary/aromatic N) is 3. The summed E-state index contributed by atoms with van der Waals surface area (Å²) >= 11 is 0. The normalized spacial score (nSPS) is 13.9. The molecule has 2 heterocycles. The molecule has 0 bridgehead atoms. The van der Waals surface area contributed by atoms with Crippen molar-refractivity contribution < 1.29 is 23.7 Å². The smallest absolute Gasteiger partial charge is 0.240 e. The number of nitrogens with one attached hydrogen (secondary N) is 2. The molecule has 1 aliphatic rings. The highest BCUT2D eigenvalue weighted by atomic mass is 16.5. The zero-order valence-corrected chi connectivity index (χ0v) is 21.0. The van der Waals surface area contributed by atoms with Crippen molar-refractivity contribution in [3.8, 4) is 34.2 Å². The van der Waals surface area contributed by atoms with Gasteiger partial charge in [-0.2, -0.15) is 0 Å². The fourth-order valence-electron chi connectivity index (χ4n) is 3.97. The van der Waals surface area contributed by atoms with E-state index in [2.05, 4.69) is 15.5 Å². The first-order valence-corrected chi connectivity index (χ1v) is 11.9. The maximum absolute atomic E-state index is 12.8. The van der Waals surface area contributed by atoms with Crippen LogP contribution in [0.4, 0.5) is 5.95 Å². The minimum atomic E-state index is -0.175. The van der Waals surface area contributed by atoms with E-state index in [1.54, 1.807) is 21.3 Å². The lowest BCUT2D eigenvalue weighted by Gasteiger charge is -2.26. The fraction of sp³-hybridized carbons (Fsp3) is 0.385. The lowest BCUT2D eigenvalue weighted by molar-refractivity contribution is -0.115. The van der Waals surface area contributed by atoms with Gasteiger partial charge in [0, 0.05) is 44.0 Å². The van der Waals surface area contributed by atoms with Crippen molar-refractivity contribution in [2.45, 2.75) is 0 Å². The topological polar surface area (TPSA) is 99.1 Å². The molecular weight excluding hydrogens is 462 g/mol. The van der Waals surface area contributed by atoms with Crippen molar-refractivity contribution in [3.05, 3.63) is 48.7 Å². The highest BCUT2D eigenvalue weighted by Gasteiger charge is 2.16. The first-order chi connectivity index (χ1) is 17.6. The van der Waals surface area contributed by atoms with Gasteiger partial charge in [-0.05, 0) is 36.4 Å². The molecule has 1 aliphatic heterocycles. The summed E-state index contributed by atoms with van der Waals surface area (Å²) in [5.74, 6) is 2.19. The molecule has 4 rings (SSSR count). The van der Waals surface area contributed by atoms with Gasteiger partial charge in [0.25, 0.3) is 0 Å². The molecule has 0 aliphatic carbocycles. The monoisotopic (exact) mass is 495 g/mol. The number of aromatic nitrogens is 2. The van der Waals surface area contributed by atoms with Gasteiger partial charge >= 0.3 is 0 Å². The molecule has 1 saturated heterocycles. The van der Waals surface area contributed by atoms with E-state index in [0.29, 0.717) is 29.7 Å². The van der Waals surface area contributed by atoms with Gasteiger partial charge in [-0.1, -0.05) is 0 Å². The van der Waals surface area contributed by atoms with Gasteiger partial charge in [0.1, 0.15) is 5.75 Å². The Hall–Kier alpha value is -3.60. The number of rotatable bonds is 11. The molecule has 0 saturated carbocycles. The third-order valence-electron chi connectivity index (χ3n) is 5.98. The molecule has 1 fully saturated rings. The highest BCUT2D eigenvalue weighted by molar-refractivity contribution is 5.91. The van der Waals surface area contributed by atoms with Crippen molar-refractivity contribution in [1.82, 2.24) is 19.8 Å². The predicted octanol–water partition coefficient (Wildman–Crippen LogP) is 2.43. The number of anilines is 1. The third kappa shape index (κ3) is 6.34. The average Bonchev–Trinajstić information content (AvgIpc) is 3.34. The molecule has 0 unspecified atom stereocenters. The summed E-state index contributed by atoms with van der Waals surface area (Å²) in [5.41, 5.74) is 2.38. The maximum Gasteiger partial charge on any atom is 0.240 e. The molecule has 1 aromatic heterocycles. The lowest BCUT2D eigenvalue weighted by Crippen LogP contribution is -2.41. The van der Waals surface area contributed by atoms with Crippen LogP contribution in [0.1, 0.15) is 0 Å². The Morgan fingerprint density at radius 1 is 1.00 bits per heavy atom. The molecule has 3 aromatic rings. The molecule has 0 radical (unpaired) electrons. The minimum absolute atomic E-state index is 0.175. The van der Waals surface area contributed by atoms with Gasteiger partial charge < -0.3 is 24.3 Å². The molecular formula is C26H33N5O5. The van der Waals surface area contributed by atoms with Crippen LogP contribution in [0.25, 0.3) is 16.9 Å². The van der Waals surface area contributed by atoms with Gasteiger partial charge in [-0.15, -0.1) is 0 Å². The van der Waals surface area contributed by atoms with Crippen molar-refractivity contribution in [1.29, 1.82) is 0 Å². The number of carbonyl (C=O) groups excluding carboxylic acids is 1. The molecule has 10 nitrogen and oxygen atoms in total. The first-order valence-electron chi connectivity index (χ1n) is 11.9. The number of methoxy groups -OCH3 is 3. The Bertz CT molecular complexity index is 1140. The van der Waals surface area contributed by atoms with Crippen LogP contribution in [0.3, 0.4) is 0 Å². The quantitative estimate of drug-likeness (QED) is 0.392. The van der Waals surface area contributed by atoms with E-state index in [0.717, 1.165) is 49.8 Å². The fourth-order valence-corrected chi connectivity index (χ4v) is 3.97. The van der Waals surface area contributed by atoms with Crippen LogP contribution in [-0.2, 0) is 9.53 Å². The molecule has 2 aromatic carbocycles. The Morgan fingerprint density at radius 2 is 1.75 bits per heavy atom. The summed E-state index contributed by atoms with van der Waals surface area (Å²) in [7, 11) is 4.81. The standard InChI is InChI=1S/C26H33N5O5/c1-33-21-7-4-19(5-8-21)22-18-31(20-6-9-23(34-2)24(16-20)35-3)26(28-22)29-25(32)17-27-10-11-30-12-14-36-15-13-30/h4-9,16,18,27H,10-15,17H2,1-3H3,(H,28,29,32). The van der Waals surface area contributed by atoms with E-state index in [1.807, 2.05) is 53.2 Å². The number of benzene rings is 2. The molecule has 192 valence electrons. The third-order valence-corrected chi connectivity index (χ3v) is 5.98. The minimum Gasteiger partial charge on any atom is -0.497 e. The number of hydrogen-bond donors (Lipinski definition) is 2. The summed E-state index contributed by atoms with van der Waals surface area (Å²) < 4.78 is 23.3. The number of imidazole rings is 1. The van der Waals surface area contributed by atoms with Crippen LogP contribution in [0.5, 0.6) is 17.2 Å². The molecule has 0 spiro atoms. The van der Waals surface area contributed by atoms with Crippen LogP contribution >= 0.6 is 0 Å². The number of ether oxygens (including phenoxy) is 4. The zero-order valence-electron chi connectivity index (χ0n) is 21.0. The van der Waals surface area contributed by atoms with Gasteiger partial charge in [0.15, 0.2) is 11.5 Å². The van der Waals surface area contributed by atoms with Gasteiger partial charge in [-0.25, -0.2) is 4.98 Å². The van der Waals surface area contributed by atoms with Crippen LogP contribution < -0.4 is 24.8 Å². The van der Waals surface area contributed by atoms with Crippen LogP contribution in [0.2, 0.25) is 0 Å². The van der Waals surface area contributed by atoms with E-state index in [4.69, 9.17) is 23.9 Å². The van der Waals surface area contributed by atoms with Crippen LogP contribution in [0.15, 0.2) is 48.7 Å². The van der Waals surface area contributed by atoms with Gasteiger partial charge in [0.2, 0.25) is 11.9 Å². The second-order valence-corrected chi connectivity index (χ2v) is 8.27. The van der Waals surface area contributed by atoms with E-state index < -0.39 is 0 Å². The van der Waals surface area contributed by atoms with E-state index in [1.165, 1.54) is 0 Å². The highest BCUT2D eigenvalue weighted by Crippen LogP contribution is 2.32. The van der Waals surface area contributed by atoms with Crippen molar-refractivity contribution >= 4 is 11.9 Å².